The van der Waals surface area contributed by atoms with Gasteiger partial charge in [-0.3, -0.25) is 0 Å². The Balaban J connectivity index is 3.29. The Morgan fingerprint density at radius 2 is 2.15 bits per heavy atom. The maximum atomic E-state index is 5.13. The fraction of sp³-hybridized carbons (Fsp3) is 0.889. The van der Waals surface area contributed by atoms with Crippen molar-refractivity contribution in [2.45, 2.75) is 39.5 Å². The van der Waals surface area contributed by atoms with Gasteiger partial charge in [0.1, 0.15) is 0 Å². The molecule has 0 aromatic carbocycles. The lowest BCUT2D eigenvalue weighted by Crippen LogP contribution is -2.41. The molecule has 13 heavy (non-hydrogen) atoms. The Morgan fingerprint density at radius 1 is 1.46 bits per heavy atom. The number of hydrazine groups is 1. The molecule has 0 rings (SSSR count). The zero-order valence-electron chi connectivity index (χ0n) is 8.60. The van der Waals surface area contributed by atoms with Crippen LogP contribution in [0.2, 0.25) is 0 Å². The van der Waals surface area contributed by atoms with E-state index in [1.54, 1.807) is 0 Å². The molecule has 0 spiro atoms. The van der Waals surface area contributed by atoms with Crippen LogP contribution in [0, 0.1) is 5.92 Å². The summed E-state index contributed by atoms with van der Waals surface area (Å²) < 4.78 is 0. The maximum Gasteiger partial charge on any atom is 0.180 e. The predicted octanol–water partition coefficient (Wildman–Crippen LogP) is 1.54. The van der Waals surface area contributed by atoms with Gasteiger partial charge in [-0.25, -0.2) is 5.84 Å². The van der Waals surface area contributed by atoms with Crippen molar-refractivity contribution in [3.8, 4) is 0 Å². The highest BCUT2D eigenvalue weighted by atomic mass is 32.1. The number of rotatable bonds is 6. The Kier molecular flexibility index (Phi) is 8.04. The van der Waals surface area contributed by atoms with Gasteiger partial charge in [0.15, 0.2) is 5.11 Å². The molecule has 4 heteroatoms. The van der Waals surface area contributed by atoms with Gasteiger partial charge in [-0.15, -0.1) is 0 Å². The second kappa shape index (κ2) is 8.26. The van der Waals surface area contributed by atoms with Crippen LogP contribution in [0.1, 0.15) is 39.5 Å². The van der Waals surface area contributed by atoms with Gasteiger partial charge >= 0.3 is 0 Å². The van der Waals surface area contributed by atoms with Crippen molar-refractivity contribution in [2.75, 3.05) is 6.54 Å². The minimum atomic E-state index is 0.530. The highest BCUT2D eigenvalue weighted by Gasteiger charge is 2.01. The highest BCUT2D eigenvalue weighted by Crippen LogP contribution is 2.07. The number of unbranched alkanes of at least 4 members (excludes halogenated alkanes) is 2. The molecular formula is C9H21N3S. The molecular weight excluding hydrogens is 182 g/mol. The summed E-state index contributed by atoms with van der Waals surface area (Å²) in [6.07, 6.45) is 5.17. The maximum absolute atomic E-state index is 5.13. The van der Waals surface area contributed by atoms with E-state index in [2.05, 4.69) is 24.6 Å². The van der Waals surface area contributed by atoms with Gasteiger partial charge in [-0.05, 0) is 24.6 Å². The van der Waals surface area contributed by atoms with E-state index in [1.807, 2.05) is 0 Å². The van der Waals surface area contributed by atoms with E-state index >= 15 is 0 Å². The van der Waals surface area contributed by atoms with E-state index in [0.29, 0.717) is 11.0 Å². The molecule has 0 saturated carbocycles. The van der Waals surface area contributed by atoms with E-state index in [0.717, 1.165) is 6.54 Å². The lowest BCUT2D eigenvalue weighted by atomic mass is 10.0. The highest BCUT2D eigenvalue weighted by molar-refractivity contribution is 7.80. The van der Waals surface area contributed by atoms with E-state index in [-0.39, 0.29) is 0 Å². The van der Waals surface area contributed by atoms with Crippen molar-refractivity contribution in [1.82, 2.24) is 10.7 Å². The summed E-state index contributed by atoms with van der Waals surface area (Å²) in [5.74, 6) is 5.79. The molecule has 0 aromatic rings. The summed E-state index contributed by atoms with van der Waals surface area (Å²) in [4.78, 5) is 0. The first kappa shape index (κ1) is 12.7. The molecule has 0 unspecified atom stereocenters. The second-order valence-electron chi connectivity index (χ2n) is 3.46. The Hall–Kier alpha value is -0.350. The standard InChI is InChI=1S/C9H21N3S/c1-3-4-5-6-8(2)7-11-9(13)12-10/h8H,3-7,10H2,1-2H3,(H2,11,12,13)/t8-/m0/s1. The molecule has 4 N–H and O–H groups in total. The minimum absolute atomic E-state index is 0.530. The van der Waals surface area contributed by atoms with E-state index in [9.17, 15) is 0 Å². The monoisotopic (exact) mass is 203 g/mol. The number of nitrogens with one attached hydrogen (secondary N) is 2. The summed E-state index contributed by atoms with van der Waals surface area (Å²) in [6, 6.07) is 0. The normalized spacial score (nSPS) is 12.2. The van der Waals surface area contributed by atoms with Crippen LogP contribution in [0.3, 0.4) is 0 Å². The van der Waals surface area contributed by atoms with E-state index in [1.165, 1.54) is 25.7 Å². The summed E-state index contributed by atoms with van der Waals surface area (Å²) in [5.41, 5.74) is 2.41. The first-order valence-corrected chi connectivity index (χ1v) is 5.36. The Labute approximate surface area is 86.4 Å². The van der Waals surface area contributed by atoms with E-state index in [4.69, 9.17) is 18.1 Å². The Bertz CT molecular complexity index is 139. The average molecular weight is 203 g/mol. The quantitative estimate of drug-likeness (QED) is 0.265. The molecule has 0 fully saturated rings. The van der Waals surface area contributed by atoms with Crippen LogP contribution >= 0.6 is 12.2 Å². The lowest BCUT2D eigenvalue weighted by Gasteiger charge is -2.13. The fourth-order valence-corrected chi connectivity index (χ4v) is 1.25. The molecule has 0 aliphatic heterocycles. The van der Waals surface area contributed by atoms with Crippen LogP contribution in [0.25, 0.3) is 0 Å². The smallest absolute Gasteiger partial charge is 0.180 e. The number of hydrogen-bond donors (Lipinski definition) is 3. The zero-order chi connectivity index (χ0) is 10.1. The Morgan fingerprint density at radius 3 is 2.69 bits per heavy atom. The summed E-state index contributed by atoms with van der Waals surface area (Å²) in [7, 11) is 0. The van der Waals surface area contributed by atoms with Crippen LogP contribution in [0.4, 0.5) is 0 Å². The molecule has 0 aromatic heterocycles. The van der Waals surface area contributed by atoms with Crippen LogP contribution in [-0.4, -0.2) is 11.7 Å². The zero-order valence-corrected chi connectivity index (χ0v) is 9.41. The minimum Gasteiger partial charge on any atom is -0.361 e. The average Bonchev–Trinajstić information content (AvgIpc) is 2.14. The van der Waals surface area contributed by atoms with Gasteiger partial charge in [0.05, 0.1) is 0 Å². The van der Waals surface area contributed by atoms with Gasteiger partial charge in [0.2, 0.25) is 0 Å². The molecule has 0 saturated heterocycles. The molecule has 1 atom stereocenters. The SMILES string of the molecule is CCCCC[C@H](C)CNC(=S)NN. The van der Waals surface area contributed by atoms with Gasteiger partial charge in [-0.2, -0.15) is 0 Å². The second-order valence-corrected chi connectivity index (χ2v) is 3.86. The van der Waals surface area contributed by atoms with Crippen molar-refractivity contribution < 1.29 is 0 Å². The fourth-order valence-electron chi connectivity index (χ4n) is 1.16. The topological polar surface area (TPSA) is 50.1 Å². The summed E-state index contributed by atoms with van der Waals surface area (Å²) in [6.45, 7) is 5.35. The van der Waals surface area contributed by atoms with Crippen molar-refractivity contribution in [3.63, 3.8) is 0 Å². The van der Waals surface area contributed by atoms with Crippen molar-refractivity contribution in [3.05, 3.63) is 0 Å². The predicted molar refractivity (Wildman–Crippen MR) is 61.2 cm³/mol. The van der Waals surface area contributed by atoms with E-state index < -0.39 is 0 Å². The third kappa shape index (κ3) is 7.99. The summed E-state index contributed by atoms with van der Waals surface area (Å²) in [5, 5.41) is 3.58. The van der Waals surface area contributed by atoms with Gasteiger partial charge < -0.3 is 10.7 Å². The first-order chi connectivity index (χ1) is 6.20. The number of thiocarbonyl (C=S) groups is 1. The molecule has 78 valence electrons. The number of nitrogens with two attached hydrogens (primary N) is 1. The van der Waals surface area contributed by atoms with Gasteiger partial charge in [-0.1, -0.05) is 33.1 Å². The number of hydrogen-bond acceptors (Lipinski definition) is 2. The molecule has 3 nitrogen and oxygen atoms in total. The van der Waals surface area contributed by atoms with Crippen LogP contribution in [-0.2, 0) is 0 Å². The molecule has 0 amide bonds. The van der Waals surface area contributed by atoms with Gasteiger partial charge in [0.25, 0.3) is 0 Å². The van der Waals surface area contributed by atoms with Crippen LogP contribution < -0.4 is 16.6 Å². The largest absolute Gasteiger partial charge is 0.361 e. The third-order valence-corrected chi connectivity index (χ3v) is 2.30. The van der Waals surface area contributed by atoms with Crippen molar-refractivity contribution in [2.24, 2.45) is 11.8 Å². The van der Waals surface area contributed by atoms with Crippen molar-refractivity contribution in [1.29, 1.82) is 0 Å². The molecule has 0 bridgehead atoms. The summed E-state index contributed by atoms with van der Waals surface area (Å²) >= 11 is 4.86. The molecule has 0 aliphatic carbocycles. The third-order valence-electron chi connectivity index (χ3n) is 2.04. The lowest BCUT2D eigenvalue weighted by molar-refractivity contribution is 0.487. The molecule has 0 aliphatic rings. The van der Waals surface area contributed by atoms with Crippen LogP contribution in [0.5, 0.6) is 0 Å². The van der Waals surface area contributed by atoms with Crippen molar-refractivity contribution >= 4 is 17.3 Å². The van der Waals surface area contributed by atoms with Crippen LogP contribution in [0.15, 0.2) is 0 Å². The first-order valence-electron chi connectivity index (χ1n) is 4.95. The molecule has 0 radical (unpaired) electrons. The van der Waals surface area contributed by atoms with Gasteiger partial charge in [0, 0.05) is 6.54 Å². The molecule has 0 heterocycles.